The molecule has 2 aromatic heterocycles. The van der Waals surface area contributed by atoms with E-state index in [2.05, 4.69) is 0 Å². The number of carboxylic acid groups (broad SMARTS) is 1. The van der Waals surface area contributed by atoms with Crippen molar-refractivity contribution in [3.05, 3.63) is 82.4 Å². The number of nitrogens with zero attached hydrogens (tertiary/aromatic N) is 3. The zero-order chi connectivity index (χ0) is 22.4. The molecule has 32 heavy (non-hydrogen) atoms. The van der Waals surface area contributed by atoms with Crippen LogP contribution in [-0.4, -0.2) is 38.9 Å². The van der Waals surface area contributed by atoms with Crippen molar-refractivity contribution in [1.29, 1.82) is 0 Å². The van der Waals surface area contributed by atoms with Crippen molar-refractivity contribution in [2.24, 2.45) is 7.05 Å². The van der Waals surface area contributed by atoms with Gasteiger partial charge in [0.1, 0.15) is 5.75 Å². The highest BCUT2D eigenvalue weighted by molar-refractivity contribution is 5.88. The molecular formula is C25H23N3O4. The van der Waals surface area contributed by atoms with E-state index in [-0.39, 0.29) is 5.56 Å². The van der Waals surface area contributed by atoms with Crippen molar-refractivity contribution in [1.82, 2.24) is 14.0 Å². The summed E-state index contributed by atoms with van der Waals surface area (Å²) < 4.78 is 8.87. The van der Waals surface area contributed by atoms with Gasteiger partial charge in [-0.15, -0.1) is 0 Å². The number of methoxy groups -OCH3 is 1. The molecule has 0 aliphatic carbocycles. The van der Waals surface area contributed by atoms with Crippen molar-refractivity contribution < 1.29 is 14.6 Å². The molecule has 0 saturated carbocycles. The molecule has 0 atom stereocenters. The van der Waals surface area contributed by atoms with Gasteiger partial charge >= 0.3 is 6.09 Å². The number of carbonyl (C=O) groups is 1. The summed E-state index contributed by atoms with van der Waals surface area (Å²) in [6.45, 7) is 0.872. The Morgan fingerprint density at radius 2 is 1.81 bits per heavy atom. The van der Waals surface area contributed by atoms with Gasteiger partial charge in [-0.2, -0.15) is 0 Å². The zero-order valence-electron chi connectivity index (χ0n) is 17.9. The maximum atomic E-state index is 12.9. The van der Waals surface area contributed by atoms with Crippen LogP contribution in [0, 0.1) is 0 Å². The normalized spacial score (nSPS) is 13.2. The second-order valence-electron chi connectivity index (χ2n) is 7.99. The third kappa shape index (κ3) is 3.22. The van der Waals surface area contributed by atoms with E-state index in [1.165, 1.54) is 10.5 Å². The molecule has 7 heteroatoms. The maximum absolute atomic E-state index is 12.9. The molecule has 0 bridgehead atoms. The number of hydrogen-bond acceptors (Lipinski definition) is 3. The lowest BCUT2D eigenvalue weighted by atomic mass is 10.0. The van der Waals surface area contributed by atoms with Crippen LogP contribution in [0.4, 0.5) is 4.79 Å². The molecule has 1 aliphatic heterocycles. The Balaban J connectivity index is 1.53. The minimum Gasteiger partial charge on any atom is -0.497 e. The molecule has 0 radical (unpaired) electrons. The Morgan fingerprint density at radius 3 is 2.50 bits per heavy atom. The Bertz CT molecular complexity index is 1400. The van der Waals surface area contributed by atoms with E-state index in [0.717, 1.165) is 39.2 Å². The van der Waals surface area contributed by atoms with Gasteiger partial charge in [0.25, 0.3) is 5.56 Å². The van der Waals surface area contributed by atoms with E-state index in [0.29, 0.717) is 19.5 Å². The molecular weight excluding hydrogens is 406 g/mol. The van der Waals surface area contributed by atoms with Gasteiger partial charge in [-0.25, -0.2) is 4.79 Å². The smallest absolute Gasteiger partial charge is 0.407 e. The van der Waals surface area contributed by atoms with Crippen LogP contribution >= 0.6 is 0 Å². The van der Waals surface area contributed by atoms with Crippen LogP contribution in [0.25, 0.3) is 27.7 Å². The highest BCUT2D eigenvalue weighted by Crippen LogP contribution is 2.31. The predicted octanol–water partition coefficient (Wildman–Crippen LogP) is 4.04. The summed E-state index contributed by atoms with van der Waals surface area (Å²) in [6, 6.07) is 17.1. The number of aromatic nitrogens is 2. The molecule has 0 unspecified atom stereocenters. The van der Waals surface area contributed by atoms with E-state index in [1.807, 2.05) is 60.1 Å². The summed E-state index contributed by atoms with van der Waals surface area (Å²) in [5.41, 5.74) is 5.64. The van der Waals surface area contributed by atoms with Gasteiger partial charge in [0, 0.05) is 36.9 Å². The fraction of sp³-hybridized carbons (Fsp3) is 0.200. The molecule has 1 aliphatic rings. The molecule has 2 aromatic carbocycles. The van der Waals surface area contributed by atoms with Gasteiger partial charge in [0.05, 0.1) is 24.9 Å². The maximum Gasteiger partial charge on any atom is 0.407 e. The first-order valence-electron chi connectivity index (χ1n) is 10.4. The minimum absolute atomic E-state index is 0.117. The number of rotatable bonds is 3. The highest BCUT2D eigenvalue weighted by Gasteiger charge is 2.25. The second-order valence-corrected chi connectivity index (χ2v) is 7.99. The van der Waals surface area contributed by atoms with Crippen LogP contribution in [0.2, 0.25) is 0 Å². The summed E-state index contributed by atoms with van der Waals surface area (Å²) in [6.07, 6.45) is 1.58. The molecule has 0 fully saturated rings. The fourth-order valence-electron chi connectivity index (χ4n) is 4.51. The molecule has 4 aromatic rings. The summed E-state index contributed by atoms with van der Waals surface area (Å²) >= 11 is 0. The van der Waals surface area contributed by atoms with E-state index < -0.39 is 6.09 Å². The Labute approximate surface area is 184 Å². The number of amides is 1. The second kappa shape index (κ2) is 7.60. The number of hydrogen-bond donors (Lipinski definition) is 1. The van der Waals surface area contributed by atoms with Crippen LogP contribution in [0.15, 0.2) is 65.6 Å². The summed E-state index contributed by atoms with van der Waals surface area (Å²) in [5.74, 6) is 0.770. The molecule has 1 N–H and O–H groups in total. The van der Waals surface area contributed by atoms with Crippen LogP contribution in [0.5, 0.6) is 5.75 Å². The van der Waals surface area contributed by atoms with Gasteiger partial charge in [-0.05, 0) is 53.4 Å². The fourth-order valence-corrected chi connectivity index (χ4v) is 4.51. The first-order chi connectivity index (χ1) is 15.5. The summed E-state index contributed by atoms with van der Waals surface area (Å²) in [7, 11) is 3.57. The Hall–Kier alpha value is -4.00. The van der Waals surface area contributed by atoms with Crippen LogP contribution in [-0.2, 0) is 20.0 Å². The number of ether oxygens (including phenoxy) is 1. The lowest BCUT2D eigenvalue weighted by Crippen LogP contribution is -2.35. The van der Waals surface area contributed by atoms with Crippen molar-refractivity contribution >= 4 is 17.0 Å². The van der Waals surface area contributed by atoms with Crippen molar-refractivity contribution in [3.63, 3.8) is 0 Å². The average molecular weight is 429 g/mol. The van der Waals surface area contributed by atoms with Gasteiger partial charge in [-0.1, -0.05) is 18.2 Å². The van der Waals surface area contributed by atoms with Crippen molar-refractivity contribution in [3.8, 4) is 22.6 Å². The van der Waals surface area contributed by atoms with E-state index in [4.69, 9.17) is 4.74 Å². The number of pyridine rings is 1. The third-order valence-electron chi connectivity index (χ3n) is 6.28. The molecule has 162 valence electrons. The molecule has 0 spiro atoms. The van der Waals surface area contributed by atoms with Crippen molar-refractivity contribution in [2.75, 3.05) is 13.7 Å². The minimum atomic E-state index is -0.898. The quantitative estimate of drug-likeness (QED) is 0.533. The van der Waals surface area contributed by atoms with E-state index in [1.54, 1.807) is 23.9 Å². The predicted molar refractivity (Wildman–Crippen MR) is 123 cm³/mol. The van der Waals surface area contributed by atoms with Crippen molar-refractivity contribution in [2.45, 2.75) is 13.0 Å². The van der Waals surface area contributed by atoms with Gasteiger partial charge in [0.15, 0.2) is 0 Å². The summed E-state index contributed by atoms with van der Waals surface area (Å²) in [4.78, 5) is 25.8. The first-order valence-corrected chi connectivity index (χ1v) is 10.4. The molecule has 0 saturated heterocycles. The average Bonchev–Trinajstić information content (AvgIpc) is 3.10. The van der Waals surface area contributed by atoms with Crippen LogP contribution in [0.1, 0.15) is 11.3 Å². The summed E-state index contributed by atoms with van der Waals surface area (Å²) in [5, 5.41) is 10.5. The van der Waals surface area contributed by atoms with Crippen LogP contribution in [0.3, 0.4) is 0 Å². The van der Waals surface area contributed by atoms with E-state index in [9.17, 15) is 14.7 Å². The Morgan fingerprint density at radius 1 is 1.03 bits per heavy atom. The SMILES string of the molecule is COc1ccc(-c2ccn(-c3ccc4c5c(n(C)c4c3)CN(C(=O)O)CC5)c(=O)c2)cc1. The van der Waals surface area contributed by atoms with Gasteiger partial charge < -0.3 is 19.3 Å². The molecule has 7 nitrogen and oxygen atoms in total. The number of benzene rings is 2. The highest BCUT2D eigenvalue weighted by atomic mass is 16.5. The number of aryl methyl sites for hydroxylation is 1. The lowest BCUT2D eigenvalue weighted by Gasteiger charge is -2.25. The van der Waals surface area contributed by atoms with Crippen LogP contribution < -0.4 is 10.3 Å². The standard InChI is InChI=1S/C25H23N3O4/c1-26-22-14-18(5-8-20(22)21-10-11-27(25(30)31)15-23(21)26)28-12-9-17(13-24(28)29)16-3-6-19(32-2)7-4-16/h3-9,12-14H,10-11,15H2,1-2H3,(H,30,31). The monoisotopic (exact) mass is 429 g/mol. The number of fused-ring (bicyclic) bond motifs is 3. The Kier molecular flexibility index (Phi) is 4.74. The lowest BCUT2D eigenvalue weighted by molar-refractivity contribution is 0.139. The molecule has 3 heterocycles. The third-order valence-corrected chi connectivity index (χ3v) is 6.28. The molecule has 1 amide bonds. The van der Waals surface area contributed by atoms with E-state index >= 15 is 0 Å². The largest absolute Gasteiger partial charge is 0.497 e. The van der Waals surface area contributed by atoms with Gasteiger partial charge in [-0.3, -0.25) is 9.36 Å². The molecule has 5 rings (SSSR count). The zero-order valence-corrected chi connectivity index (χ0v) is 17.9. The first kappa shape index (κ1) is 19.9. The topological polar surface area (TPSA) is 76.7 Å². The van der Waals surface area contributed by atoms with Gasteiger partial charge in [0.2, 0.25) is 0 Å².